The van der Waals surface area contributed by atoms with Crippen LogP contribution in [0.4, 0.5) is 0 Å². The van der Waals surface area contributed by atoms with E-state index in [0.29, 0.717) is 18.4 Å². The average molecular weight is 294 g/mol. The van der Waals surface area contributed by atoms with E-state index in [1.165, 1.54) is 0 Å². The van der Waals surface area contributed by atoms with Gasteiger partial charge in [-0.3, -0.25) is 9.59 Å². The Kier molecular flexibility index (Phi) is 3.74. The van der Waals surface area contributed by atoms with Crippen LogP contribution in [0.2, 0.25) is 0 Å². The second kappa shape index (κ2) is 5.29. The largest absolute Gasteiger partial charge is 0.465 e. The van der Waals surface area contributed by atoms with Gasteiger partial charge in [0, 0.05) is 11.8 Å². The summed E-state index contributed by atoms with van der Waals surface area (Å²) in [4.78, 5) is 24.3. The zero-order valence-electron chi connectivity index (χ0n) is 13.3. The molecule has 0 N–H and O–H groups in total. The monoisotopic (exact) mass is 294 g/mol. The van der Waals surface area contributed by atoms with Gasteiger partial charge in [-0.05, 0) is 38.5 Å². The van der Waals surface area contributed by atoms with Crippen LogP contribution in [0.15, 0.2) is 0 Å². The molecule has 4 nitrogen and oxygen atoms in total. The molecule has 3 rings (SSSR count). The summed E-state index contributed by atoms with van der Waals surface area (Å²) in [7, 11) is 0. The molecule has 3 fully saturated rings. The molecule has 1 aliphatic heterocycles. The summed E-state index contributed by atoms with van der Waals surface area (Å²) in [5.74, 6) is 0.909. The van der Waals surface area contributed by atoms with Gasteiger partial charge in [0.15, 0.2) is 0 Å². The summed E-state index contributed by atoms with van der Waals surface area (Å²) in [5.41, 5.74) is -0.384. The summed E-state index contributed by atoms with van der Waals surface area (Å²) >= 11 is 0. The second-order valence-corrected chi connectivity index (χ2v) is 7.32. The van der Waals surface area contributed by atoms with E-state index in [0.717, 1.165) is 32.1 Å². The first kappa shape index (κ1) is 14.9. The van der Waals surface area contributed by atoms with Crippen LogP contribution in [-0.4, -0.2) is 24.6 Å². The molecular weight excluding hydrogens is 268 g/mol. The van der Waals surface area contributed by atoms with Crippen LogP contribution in [0, 0.1) is 29.1 Å². The van der Waals surface area contributed by atoms with Gasteiger partial charge in [-0.1, -0.05) is 20.3 Å². The molecule has 21 heavy (non-hydrogen) atoms. The predicted molar refractivity (Wildman–Crippen MR) is 77.3 cm³/mol. The van der Waals surface area contributed by atoms with Crippen molar-refractivity contribution in [2.24, 2.45) is 29.1 Å². The second-order valence-electron chi connectivity index (χ2n) is 7.32. The van der Waals surface area contributed by atoms with Gasteiger partial charge in [-0.25, -0.2) is 0 Å². The van der Waals surface area contributed by atoms with Crippen LogP contribution in [0.3, 0.4) is 0 Å². The van der Waals surface area contributed by atoms with E-state index in [-0.39, 0.29) is 35.3 Å². The molecule has 0 spiro atoms. The first-order valence-corrected chi connectivity index (χ1v) is 8.38. The highest BCUT2D eigenvalue weighted by Gasteiger charge is 2.62. The zero-order valence-corrected chi connectivity index (χ0v) is 13.3. The van der Waals surface area contributed by atoms with Crippen LogP contribution in [0.1, 0.15) is 52.9 Å². The van der Waals surface area contributed by atoms with Crippen LogP contribution >= 0.6 is 0 Å². The number of hydrogen-bond donors (Lipinski definition) is 0. The van der Waals surface area contributed by atoms with E-state index in [9.17, 15) is 9.59 Å². The molecule has 6 unspecified atom stereocenters. The summed E-state index contributed by atoms with van der Waals surface area (Å²) in [5, 5.41) is 0. The molecule has 0 amide bonds. The van der Waals surface area contributed by atoms with Crippen molar-refractivity contribution in [3.63, 3.8) is 0 Å². The summed E-state index contributed by atoms with van der Waals surface area (Å²) < 4.78 is 11.1. The smallest absolute Gasteiger partial charge is 0.311 e. The first-order chi connectivity index (χ1) is 10.00. The highest BCUT2D eigenvalue weighted by atomic mass is 16.6. The maximum atomic E-state index is 12.4. The van der Waals surface area contributed by atoms with Crippen molar-refractivity contribution in [1.82, 2.24) is 0 Å². The van der Waals surface area contributed by atoms with Gasteiger partial charge >= 0.3 is 11.9 Å². The Morgan fingerprint density at radius 1 is 1.38 bits per heavy atom. The minimum atomic E-state index is -0.384. The average Bonchev–Trinajstić information content (AvgIpc) is 3.06. The van der Waals surface area contributed by atoms with Gasteiger partial charge in [0.05, 0.1) is 17.9 Å². The number of esters is 2. The van der Waals surface area contributed by atoms with Crippen LogP contribution < -0.4 is 0 Å². The quantitative estimate of drug-likeness (QED) is 0.707. The standard InChI is InChI=1S/C17H26O4/c1-4-6-17(3,5-2)16(19)20-9-12-10-7-11-13(8-10)21-15(18)14(11)12/h10-14H,4-9H2,1-3H3. The molecule has 2 saturated carbocycles. The molecule has 1 heterocycles. The fourth-order valence-corrected chi connectivity index (χ4v) is 4.68. The Bertz CT molecular complexity index is 444. The molecule has 4 heteroatoms. The lowest BCUT2D eigenvalue weighted by atomic mass is 9.80. The van der Waals surface area contributed by atoms with E-state index >= 15 is 0 Å². The molecule has 0 radical (unpaired) electrons. The van der Waals surface area contributed by atoms with E-state index in [1.807, 2.05) is 13.8 Å². The minimum Gasteiger partial charge on any atom is -0.465 e. The Morgan fingerprint density at radius 3 is 2.81 bits per heavy atom. The van der Waals surface area contributed by atoms with Gasteiger partial charge in [-0.2, -0.15) is 0 Å². The van der Waals surface area contributed by atoms with Gasteiger partial charge in [0.2, 0.25) is 0 Å². The maximum Gasteiger partial charge on any atom is 0.311 e. The van der Waals surface area contributed by atoms with Crippen LogP contribution in [0.5, 0.6) is 0 Å². The molecule has 0 aromatic heterocycles. The van der Waals surface area contributed by atoms with E-state index < -0.39 is 0 Å². The van der Waals surface area contributed by atoms with Crippen molar-refractivity contribution in [1.29, 1.82) is 0 Å². The van der Waals surface area contributed by atoms with Crippen molar-refractivity contribution >= 4 is 11.9 Å². The number of carbonyl (C=O) groups is 2. The highest BCUT2D eigenvalue weighted by Crippen LogP contribution is 2.57. The van der Waals surface area contributed by atoms with Crippen molar-refractivity contribution in [3.05, 3.63) is 0 Å². The Hall–Kier alpha value is -1.06. The molecule has 0 aromatic carbocycles. The van der Waals surface area contributed by atoms with Gasteiger partial charge in [0.1, 0.15) is 6.10 Å². The minimum absolute atomic E-state index is 0.0133. The summed E-state index contributed by atoms with van der Waals surface area (Å²) in [6, 6.07) is 0. The Labute approximate surface area is 126 Å². The Balaban J connectivity index is 1.61. The number of carbonyl (C=O) groups excluding carboxylic acids is 2. The van der Waals surface area contributed by atoms with Crippen molar-refractivity contribution in [2.45, 2.75) is 59.0 Å². The molecule has 0 aromatic rings. The van der Waals surface area contributed by atoms with E-state index in [4.69, 9.17) is 9.47 Å². The fraction of sp³-hybridized carbons (Fsp3) is 0.882. The first-order valence-electron chi connectivity index (χ1n) is 8.38. The maximum absolute atomic E-state index is 12.4. The molecule has 2 aliphatic carbocycles. The van der Waals surface area contributed by atoms with Crippen molar-refractivity contribution in [3.8, 4) is 0 Å². The number of fused-ring (bicyclic) bond motifs is 1. The lowest BCUT2D eigenvalue weighted by Gasteiger charge is -2.28. The number of ether oxygens (including phenoxy) is 2. The van der Waals surface area contributed by atoms with Crippen LogP contribution in [-0.2, 0) is 19.1 Å². The van der Waals surface area contributed by atoms with E-state index in [2.05, 4.69) is 6.92 Å². The number of rotatable bonds is 6. The van der Waals surface area contributed by atoms with Crippen molar-refractivity contribution < 1.29 is 19.1 Å². The third kappa shape index (κ3) is 2.27. The normalized spacial score (nSPS) is 39.2. The van der Waals surface area contributed by atoms with Gasteiger partial charge in [-0.15, -0.1) is 0 Å². The lowest BCUT2D eigenvalue weighted by Crippen LogP contribution is -2.34. The highest BCUT2D eigenvalue weighted by molar-refractivity contribution is 5.78. The van der Waals surface area contributed by atoms with Crippen LogP contribution in [0.25, 0.3) is 0 Å². The lowest BCUT2D eigenvalue weighted by molar-refractivity contribution is -0.159. The predicted octanol–water partition coefficient (Wildman–Crippen LogP) is 2.94. The molecule has 1 saturated heterocycles. The summed E-state index contributed by atoms with van der Waals surface area (Å²) in [6.45, 7) is 6.50. The topological polar surface area (TPSA) is 52.6 Å². The third-order valence-electron chi connectivity index (χ3n) is 6.14. The van der Waals surface area contributed by atoms with Gasteiger partial charge in [0.25, 0.3) is 0 Å². The summed E-state index contributed by atoms with van der Waals surface area (Å²) in [6.07, 6.45) is 4.82. The fourth-order valence-electron chi connectivity index (χ4n) is 4.68. The molecule has 2 bridgehead atoms. The molecule has 118 valence electrons. The number of hydrogen-bond acceptors (Lipinski definition) is 4. The third-order valence-corrected chi connectivity index (χ3v) is 6.14. The van der Waals surface area contributed by atoms with E-state index in [1.54, 1.807) is 0 Å². The zero-order chi connectivity index (χ0) is 15.2. The van der Waals surface area contributed by atoms with Gasteiger partial charge < -0.3 is 9.47 Å². The molecule has 3 aliphatic rings. The van der Waals surface area contributed by atoms with Crippen molar-refractivity contribution in [2.75, 3.05) is 6.61 Å². The Morgan fingerprint density at radius 2 is 2.14 bits per heavy atom. The molecule has 6 atom stereocenters. The SMILES string of the molecule is CCCC(C)(CC)C(=O)OCC1C2CC3OC(=O)C1C3C2. The molecular formula is C17H26O4.